The van der Waals surface area contributed by atoms with Crippen LogP contribution in [0.1, 0.15) is 56.1 Å². The molecule has 0 saturated heterocycles. The molecular formula is C29H30N2O5S. The molecule has 0 atom stereocenters. The first-order valence-electron chi connectivity index (χ1n) is 12.6. The largest absolute Gasteiger partial charge is 0.504 e. The summed E-state index contributed by atoms with van der Waals surface area (Å²) in [4.78, 5) is 32.9. The monoisotopic (exact) mass is 518 g/mol. The van der Waals surface area contributed by atoms with Gasteiger partial charge in [-0.1, -0.05) is 25.1 Å². The van der Waals surface area contributed by atoms with Gasteiger partial charge in [-0.05, 0) is 81.3 Å². The molecule has 2 heterocycles. The van der Waals surface area contributed by atoms with E-state index in [0.717, 1.165) is 41.7 Å². The Morgan fingerprint density at radius 1 is 1.05 bits per heavy atom. The minimum atomic E-state index is -1.04. The van der Waals surface area contributed by atoms with Crippen molar-refractivity contribution in [2.24, 2.45) is 11.8 Å². The van der Waals surface area contributed by atoms with Crippen LogP contribution < -0.4 is 4.90 Å². The first-order valence-corrected chi connectivity index (χ1v) is 13.4. The van der Waals surface area contributed by atoms with Crippen LogP contribution in [0, 0.1) is 11.8 Å². The minimum Gasteiger partial charge on any atom is -0.504 e. The van der Waals surface area contributed by atoms with Gasteiger partial charge in [-0.2, -0.15) is 0 Å². The van der Waals surface area contributed by atoms with Crippen molar-refractivity contribution in [2.45, 2.75) is 52.5 Å². The molecule has 1 saturated carbocycles. The normalized spacial score (nSPS) is 17.8. The summed E-state index contributed by atoms with van der Waals surface area (Å²) in [5.41, 5.74) is 2.94. The van der Waals surface area contributed by atoms with Gasteiger partial charge >= 0.3 is 5.97 Å². The molecule has 37 heavy (non-hydrogen) atoms. The molecule has 4 aromatic rings. The second-order valence-corrected chi connectivity index (χ2v) is 11.2. The van der Waals surface area contributed by atoms with Crippen LogP contribution in [0.5, 0.6) is 5.75 Å². The van der Waals surface area contributed by atoms with Crippen molar-refractivity contribution in [3.63, 3.8) is 0 Å². The number of carboxylic acid groups (broad SMARTS) is 1. The summed E-state index contributed by atoms with van der Waals surface area (Å²) in [6.07, 6.45) is 3.74. The van der Waals surface area contributed by atoms with E-state index in [9.17, 15) is 19.8 Å². The summed E-state index contributed by atoms with van der Waals surface area (Å²) in [5.74, 6) is -0.0409. The SMILES string of the molecule is CC1CCC(C(=O)N(c2cc(-c3ccc(-c4nc5cccc(O)c5o4)cc3)sc2C(=O)O)C(C)C)CC1. The first kappa shape index (κ1) is 25.0. The zero-order valence-corrected chi connectivity index (χ0v) is 21.9. The number of carboxylic acids is 1. The fourth-order valence-electron chi connectivity index (χ4n) is 5.05. The van der Waals surface area contributed by atoms with Gasteiger partial charge in [0.05, 0.1) is 5.69 Å². The molecule has 1 aliphatic carbocycles. The van der Waals surface area contributed by atoms with E-state index < -0.39 is 5.97 Å². The summed E-state index contributed by atoms with van der Waals surface area (Å²) >= 11 is 1.17. The third-order valence-electron chi connectivity index (χ3n) is 7.10. The summed E-state index contributed by atoms with van der Waals surface area (Å²) in [6.45, 7) is 6.08. The Morgan fingerprint density at radius 3 is 2.35 bits per heavy atom. The second kappa shape index (κ2) is 10.0. The maximum Gasteiger partial charge on any atom is 0.348 e. The molecule has 0 bridgehead atoms. The van der Waals surface area contributed by atoms with E-state index in [4.69, 9.17) is 4.42 Å². The van der Waals surface area contributed by atoms with Crippen molar-refractivity contribution in [3.05, 3.63) is 53.4 Å². The van der Waals surface area contributed by atoms with E-state index in [-0.39, 0.29) is 28.5 Å². The molecule has 1 aliphatic rings. The number of thiophene rings is 1. The van der Waals surface area contributed by atoms with Gasteiger partial charge in [0.2, 0.25) is 11.8 Å². The van der Waals surface area contributed by atoms with E-state index in [0.29, 0.717) is 28.6 Å². The standard InChI is InChI=1S/C29H30N2O5S/c1-16(2)31(28(33)20-9-7-17(3)8-10-20)22-15-24(37-26(22)29(34)35)18-11-13-19(14-12-18)27-30-21-5-4-6-23(32)25(21)36-27/h4-6,11-17,20,32H,7-10H2,1-3H3,(H,34,35). The van der Waals surface area contributed by atoms with Gasteiger partial charge in [-0.15, -0.1) is 11.3 Å². The highest BCUT2D eigenvalue weighted by molar-refractivity contribution is 7.18. The predicted molar refractivity (Wildman–Crippen MR) is 145 cm³/mol. The van der Waals surface area contributed by atoms with Crippen LogP contribution in [0.3, 0.4) is 0 Å². The van der Waals surface area contributed by atoms with Gasteiger partial charge in [-0.3, -0.25) is 4.79 Å². The van der Waals surface area contributed by atoms with Gasteiger partial charge < -0.3 is 19.5 Å². The van der Waals surface area contributed by atoms with Crippen molar-refractivity contribution < 1.29 is 24.2 Å². The van der Waals surface area contributed by atoms with Crippen LogP contribution in [0.25, 0.3) is 33.0 Å². The second-order valence-electron chi connectivity index (χ2n) is 10.1. The van der Waals surface area contributed by atoms with Gasteiger partial charge in [-0.25, -0.2) is 9.78 Å². The topological polar surface area (TPSA) is 104 Å². The summed E-state index contributed by atoms with van der Waals surface area (Å²) in [6, 6.07) is 14.2. The molecule has 0 unspecified atom stereocenters. The number of benzene rings is 2. The van der Waals surface area contributed by atoms with E-state index in [1.54, 1.807) is 23.1 Å². The van der Waals surface area contributed by atoms with Crippen LogP contribution in [0.2, 0.25) is 0 Å². The maximum absolute atomic E-state index is 13.6. The number of amides is 1. The summed E-state index contributed by atoms with van der Waals surface area (Å²) in [7, 11) is 0. The van der Waals surface area contributed by atoms with Crippen molar-refractivity contribution >= 4 is 40.0 Å². The number of anilines is 1. The first-order chi connectivity index (χ1) is 17.7. The number of aromatic nitrogens is 1. The maximum atomic E-state index is 13.6. The quantitative estimate of drug-likeness (QED) is 0.280. The third-order valence-corrected chi connectivity index (χ3v) is 8.26. The van der Waals surface area contributed by atoms with Crippen molar-refractivity contribution in [3.8, 4) is 27.6 Å². The average Bonchev–Trinajstić information content (AvgIpc) is 3.50. The zero-order chi connectivity index (χ0) is 26.3. The van der Waals surface area contributed by atoms with E-state index in [1.165, 1.54) is 11.3 Å². The van der Waals surface area contributed by atoms with E-state index in [2.05, 4.69) is 11.9 Å². The lowest BCUT2D eigenvalue weighted by atomic mass is 9.82. The van der Waals surface area contributed by atoms with Crippen molar-refractivity contribution in [2.75, 3.05) is 4.90 Å². The summed E-state index contributed by atoms with van der Waals surface area (Å²) in [5, 5.41) is 20.0. The lowest BCUT2D eigenvalue weighted by Gasteiger charge is -2.33. The average molecular weight is 519 g/mol. The number of aromatic carboxylic acids is 1. The van der Waals surface area contributed by atoms with Crippen molar-refractivity contribution in [1.82, 2.24) is 4.98 Å². The number of rotatable bonds is 6. The lowest BCUT2D eigenvalue weighted by Crippen LogP contribution is -2.42. The number of oxazole rings is 1. The van der Waals surface area contributed by atoms with E-state index >= 15 is 0 Å². The number of aromatic hydroxyl groups is 1. The number of phenolic OH excluding ortho intramolecular Hbond substituents is 1. The molecule has 5 rings (SSSR count). The minimum absolute atomic E-state index is 0.0170. The van der Waals surface area contributed by atoms with Gasteiger partial charge in [0, 0.05) is 22.4 Å². The molecule has 7 nitrogen and oxygen atoms in total. The molecule has 192 valence electrons. The van der Waals surface area contributed by atoms with Crippen LogP contribution in [-0.4, -0.2) is 33.1 Å². The number of hydrogen-bond donors (Lipinski definition) is 2. The number of nitrogens with zero attached hydrogens (tertiary/aromatic N) is 2. The van der Waals surface area contributed by atoms with Crippen molar-refractivity contribution in [1.29, 1.82) is 0 Å². The highest BCUT2D eigenvalue weighted by atomic mass is 32.1. The Labute approximate surface area is 219 Å². The van der Waals surface area contributed by atoms with Gasteiger partial charge in [0.1, 0.15) is 10.4 Å². The Hall–Kier alpha value is -3.65. The van der Waals surface area contributed by atoms with Gasteiger partial charge in [0.15, 0.2) is 11.3 Å². The number of fused-ring (bicyclic) bond motifs is 1. The van der Waals surface area contributed by atoms with Crippen LogP contribution in [0.4, 0.5) is 5.69 Å². The number of hydrogen-bond acceptors (Lipinski definition) is 6. The number of para-hydroxylation sites is 1. The Morgan fingerprint density at radius 2 is 1.73 bits per heavy atom. The zero-order valence-electron chi connectivity index (χ0n) is 21.1. The molecule has 1 amide bonds. The fourth-order valence-corrected chi connectivity index (χ4v) is 6.04. The highest BCUT2D eigenvalue weighted by Gasteiger charge is 2.33. The molecule has 2 N–H and O–H groups in total. The smallest absolute Gasteiger partial charge is 0.348 e. The van der Waals surface area contributed by atoms with Crippen LogP contribution >= 0.6 is 11.3 Å². The Bertz CT molecular complexity index is 1440. The number of carbonyl (C=O) groups is 2. The molecule has 0 radical (unpaired) electrons. The molecule has 8 heteroatoms. The van der Waals surface area contributed by atoms with E-state index in [1.807, 2.05) is 44.2 Å². The van der Waals surface area contributed by atoms with Crippen LogP contribution in [-0.2, 0) is 4.79 Å². The molecule has 2 aromatic carbocycles. The third kappa shape index (κ3) is 4.85. The number of phenols is 1. The summed E-state index contributed by atoms with van der Waals surface area (Å²) < 4.78 is 5.75. The van der Waals surface area contributed by atoms with Crippen LogP contribution in [0.15, 0.2) is 52.9 Å². The predicted octanol–water partition coefficient (Wildman–Crippen LogP) is 7.19. The molecule has 1 fully saturated rings. The number of carbonyl (C=O) groups excluding carboxylic acids is 1. The molecule has 0 spiro atoms. The Balaban J connectivity index is 1.46. The Kier molecular flexibility index (Phi) is 6.77. The molecule has 2 aromatic heterocycles. The molecular weight excluding hydrogens is 488 g/mol. The fraction of sp³-hybridized carbons (Fsp3) is 0.345. The molecule has 0 aliphatic heterocycles. The van der Waals surface area contributed by atoms with Gasteiger partial charge in [0.25, 0.3) is 0 Å². The lowest BCUT2D eigenvalue weighted by molar-refractivity contribution is -0.123. The highest BCUT2D eigenvalue weighted by Crippen LogP contribution is 2.40.